The molecule has 3 aromatic rings. The van der Waals surface area contributed by atoms with E-state index < -0.39 is 30.6 Å². The van der Waals surface area contributed by atoms with Gasteiger partial charge in [0, 0.05) is 43.0 Å². The summed E-state index contributed by atoms with van der Waals surface area (Å²) in [5.74, 6) is 0.487. The summed E-state index contributed by atoms with van der Waals surface area (Å²) in [5, 5.41) is 25.8. The number of amides is 2. The maximum absolute atomic E-state index is 13.3. The second-order valence-corrected chi connectivity index (χ2v) is 9.16. The molecular weight excluding hydrogens is 536 g/mol. The number of hydrogen-bond donors (Lipinski definition) is 3. The van der Waals surface area contributed by atoms with Crippen LogP contribution in [-0.2, 0) is 12.7 Å². The van der Waals surface area contributed by atoms with Crippen LogP contribution in [0.4, 0.5) is 23.8 Å². The van der Waals surface area contributed by atoms with Crippen molar-refractivity contribution in [3.8, 4) is 5.69 Å². The predicted octanol–water partition coefficient (Wildman–Crippen LogP) is 3.65. The second kappa shape index (κ2) is 11.1. The highest BCUT2D eigenvalue weighted by atomic mass is 35.5. The van der Waals surface area contributed by atoms with Crippen molar-refractivity contribution in [3.05, 3.63) is 69.6 Å². The summed E-state index contributed by atoms with van der Waals surface area (Å²) >= 11 is 12.3. The van der Waals surface area contributed by atoms with Crippen molar-refractivity contribution in [1.29, 1.82) is 0 Å². The number of benzene rings is 1. The lowest BCUT2D eigenvalue weighted by Crippen LogP contribution is -2.52. The quantitative estimate of drug-likeness (QED) is 0.426. The molecule has 1 aliphatic heterocycles. The molecule has 0 bridgehead atoms. The van der Waals surface area contributed by atoms with E-state index in [-0.39, 0.29) is 12.2 Å². The molecule has 0 saturated carbocycles. The summed E-state index contributed by atoms with van der Waals surface area (Å²) in [4.78, 5) is 20.5. The Bertz CT molecular complexity index is 1260. The molecular formula is C23H23Cl2F3N6O3. The Morgan fingerprint density at radius 3 is 2.49 bits per heavy atom. The number of nitrogens with one attached hydrogen (secondary N) is 1. The number of carbonyl (C=O) groups excluding carboxylic acids is 1. The van der Waals surface area contributed by atoms with Crippen LogP contribution in [0.1, 0.15) is 23.1 Å². The Hall–Kier alpha value is -3.06. The van der Waals surface area contributed by atoms with Crippen molar-refractivity contribution in [2.45, 2.75) is 18.8 Å². The Morgan fingerprint density at radius 2 is 1.86 bits per heavy atom. The van der Waals surface area contributed by atoms with Gasteiger partial charge in [0.05, 0.1) is 29.6 Å². The first kappa shape index (κ1) is 27.0. The fourth-order valence-corrected chi connectivity index (χ4v) is 4.36. The van der Waals surface area contributed by atoms with Crippen molar-refractivity contribution < 1.29 is 28.2 Å². The van der Waals surface area contributed by atoms with Gasteiger partial charge < -0.3 is 25.3 Å². The molecule has 198 valence electrons. The van der Waals surface area contributed by atoms with Gasteiger partial charge in [-0.3, -0.25) is 0 Å². The van der Waals surface area contributed by atoms with E-state index >= 15 is 0 Å². The number of urea groups is 1. The van der Waals surface area contributed by atoms with Crippen LogP contribution in [0, 0.1) is 0 Å². The minimum absolute atomic E-state index is 0.141. The molecule has 0 aliphatic carbocycles. The normalized spacial score (nSPS) is 15.1. The molecule has 1 saturated heterocycles. The highest BCUT2D eigenvalue weighted by Crippen LogP contribution is 2.30. The zero-order chi connectivity index (χ0) is 26.7. The number of anilines is 1. The number of alkyl halides is 3. The highest BCUT2D eigenvalue weighted by Gasteiger charge is 2.35. The zero-order valence-electron chi connectivity index (χ0n) is 19.3. The van der Waals surface area contributed by atoms with E-state index in [1.807, 2.05) is 4.90 Å². The summed E-state index contributed by atoms with van der Waals surface area (Å²) in [6, 6.07) is 8.22. The number of rotatable bonds is 6. The van der Waals surface area contributed by atoms with E-state index in [0.29, 0.717) is 53.3 Å². The molecule has 3 heterocycles. The van der Waals surface area contributed by atoms with Gasteiger partial charge in [0.2, 0.25) is 0 Å². The summed E-state index contributed by atoms with van der Waals surface area (Å²) in [5.41, 5.74) is -0.210. The summed E-state index contributed by atoms with van der Waals surface area (Å²) in [7, 11) is 0. The minimum atomic E-state index is -4.65. The third-order valence-electron chi connectivity index (χ3n) is 5.81. The molecule has 4 rings (SSSR count). The molecule has 37 heavy (non-hydrogen) atoms. The smallest absolute Gasteiger partial charge is 0.393 e. The van der Waals surface area contributed by atoms with Gasteiger partial charge in [0.1, 0.15) is 11.9 Å². The lowest BCUT2D eigenvalue weighted by atomic mass is 10.1. The number of pyridine rings is 1. The first-order valence-electron chi connectivity index (χ1n) is 11.2. The van der Waals surface area contributed by atoms with Gasteiger partial charge in [-0.2, -0.15) is 18.3 Å². The summed E-state index contributed by atoms with van der Waals surface area (Å²) < 4.78 is 41.0. The summed E-state index contributed by atoms with van der Waals surface area (Å²) in [6.07, 6.45) is -4.30. The van der Waals surface area contributed by atoms with Crippen molar-refractivity contribution in [3.63, 3.8) is 0 Å². The van der Waals surface area contributed by atoms with E-state index in [1.54, 1.807) is 23.1 Å². The fourth-order valence-electron chi connectivity index (χ4n) is 3.88. The summed E-state index contributed by atoms with van der Waals surface area (Å²) in [6.45, 7) is 0.846. The minimum Gasteiger partial charge on any atom is -0.393 e. The maximum atomic E-state index is 13.3. The number of aliphatic hydroxyl groups is 2. The standard InChI is InChI=1S/C23H23Cl2F3N6O3/c24-15-2-1-3-16(9-15)34-17(10-20(31-34)23(26,27)28)12-30-22(37)33-6-4-32(5-7-33)21-18(25)8-14(11-29-21)19(36)13-35/h1-3,8-11,19,35-36H,4-7,12-13H2,(H,30,37). The third-order valence-corrected chi connectivity index (χ3v) is 6.33. The van der Waals surface area contributed by atoms with Gasteiger partial charge in [0.25, 0.3) is 0 Å². The van der Waals surface area contributed by atoms with E-state index in [9.17, 15) is 23.1 Å². The molecule has 9 nitrogen and oxygen atoms in total. The van der Waals surface area contributed by atoms with Gasteiger partial charge in [0.15, 0.2) is 5.69 Å². The largest absolute Gasteiger partial charge is 0.435 e. The lowest BCUT2D eigenvalue weighted by molar-refractivity contribution is -0.141. The third kappa shape index (κ3) is 6.27. The number of hydrogen-bond acceptors (Lipinski definition) is 6. The van der Waals surface area contributed by atoms with Crippen LogP contribution in [0.5, 0.6) is 0 Å². The average molecular weight is 559 g/mol. The molecule has 1 aromatic carbocycles. The van der Waals surface area contributed by atoms with E-state index in [4.69, 9.17) is 28.3 Å². The Balaban J connectivity index is 1.40. The molecule has 14 heteroatoms. The molecule has 3 N–H and O–H groups in total. The highest BCUT2D eigenvalue weighted by molar-refractivity contribution is 6.33. The van der Waals surface area contributed by atoms with Gasteiger partial charge in [-0.15, -0.1) is 0 Å². The molecule has 2 aromatic heterocycles. The number of aliphatic hydroxyl groups excluding tert-OH is 2. The first-order chi connectivity index (χ1) is 17.6. The Kier molecular flexibility index (Phi) is 8.12. The van der Waals surface area contributed by atoms with Crippen molar-refractivity contribution in [1.82, 2.24) is 25.0 Å². The maximum Gasteiger partial charge on any atom is 0.435 e. The molecule has 2 amide bonds. The zero-order valence-corrected chi connectivity index (χ0v) is 20.8. The predicted molar refractivity (Wildman–Crippen MR) is 131 cm³/mol. The van der Waals surface area contributed by atoms with E-state index in [1.165, 1.54) is 18.3 Å². The van der Waals surface area contributed by atoms with Crippen LogP contribution in [0.15, 0.2) is 42.6 Å². The van der Waals surface area contributed by atoms with Crippen LogP contribution in [0.2, 0.25) is 10.0 Å². The number of piperazine rings is 1. The van der Waals surface area contributed by atoms with Crippen LogP contribution in [0.3, 0.4) is 0 Å². The van der Waals surface area contributed by atoms with Gasteiger partial charge in [-0.05, 0) is 30.3 Å². The van der Waals surface area contributed by atoms with Crippen LogP contribution >= 0.6 is 23.2 Å². The molecule has 1 unspecified atom stereocenters. The number of halogens is 5. The molecule has 0 radical (unpaired) electrons. The fraction of sp³-hybridized carbons (Fsp3) is 0.348. The number of aromatic nitrogens is 3. The Labute approximate surface area is 220 Å². The van der Waals surface area contributed by atoms with E-state index in [0.717, 1.165) is 10.7 Å². The van der Waals surface area contributed by atoms with Crippen molar-refractivity contribution >= 4 is 35.1 Å². The van der Waals surface area contributed by atoms with Crippen LogP contribution in [0.25, 0.3) is 5.69 Å². The molecule has 0 spiro atoms. The molecule has 1 atom stereocenters. The first-order valence-corrected chi connectivity index (χ1v) is 12.0. The lowest BCUT2D eigenvalue weighted by Gasteiger charge is -2.35. The Morgan fingerprint density at radius 1 is 1.14 bits per heavy atom. The van der Waals surface area contributed by atoms with Crippen molar-refractivity contribution in [2.75, 3.05) is 37.7 Å². The second-order valence-electron chi connectivity index (χ2n) is 8.32. The number of nitrogens with zero attached hydrogens (tertiary/aromatic N) is 5. The van der Waals surface area contributed by atoms with E-state index in [2.05, 4.69) is 15.4 Å². The molecule has 1 fully saturated rings. The van der Waals surface area contributed by atoms with Crippen LogP contribution < -0.4 is 10.2 Å². The topological polar surface area (TPSA) is 107 Å². The monoisotopic (exact) mass is 558 g/mol. The van der Waals surface area contributed by atoms with Crippen LogP contribution in [-0.4, -0.2) is 68.7 Å². The van der Waals surface area contributed by atoms with Gasteiger partial charge in [-0.25, -0.2) is 14.5 Å². The SMILES string of the molecule is O=C(NCc1cc(C(F)(F)F)nn1-c1cccc(Cl)c1)N1CCN(c2ncc(C(O)CO)cc2Cl)CC1. The average Bonchev–Trinajstić information content (AvgIpc) is 3.32. The van der Waals surface area contributed by atoms with Crippen molar-refractivity contribution in [2.24, 2.45) is 0 Å². The number of carbonyl (C=O) groups is 1. The van der Waals surface area contributed by atoms with Gasteiger partial charge in [-0.1, -0.05) is 29.3 Å². The van der Waals surface area contributed by atoms with Gasteiger partial charge >= 0.3 is 12.2 Å². The molecule has 1 aliphatic rings.